The smallest absolute Gasteiger partial charge is 0.316 e. The summed E-state index contributed by atoms with van der Waals surface area (Å²) >= 11 is 0. The predicted octanol–water partition coefficient (Wildman–Crippen LogP) is 0.921. The molecule has 0 aliphatic carbocycles. The summed E-state index contributed by atoms with van der Waals surface area (Å²) in [6, 6.07) is 7.34. The molecule has 0 radical (unpaired) electrons. The lowest BCUT2D eigenvalue weighted by Gasteiger charge is -2.01. The quantitative estimate of drug-likeness (QED) is 0.681. The molecule has 0 aromatic heterocycles. The molecule has 3 N–H and O–H groups in total. The van der Waals surface area contributed by atoms with Crippen molar-refractivity contribution in [2.24, 2.45) is 5.73 Å². The fourth-order valence-electron chi connectivity index (χ4n) is 0.954. The fourth-order valence-corrected chi connectivity index (χ4v) is 0.954. The van der Waals surface area contributed by atoms with E-state index in [1.54, 1.807) is 0 Å². The summed E-state index contributed by atoms with van der Waals surface area (Å²) in [6.07, 6.45) is 0. The van der Waals surface area contributed by atoms with Gasteiger partial charge in [-0.05, 0) is 18.2 Å². The third-order valence-corrected chi connectivity index (χ3v) is 1.53. The number of nitrogens with one attached hydrogen (secondary N) is 1. The Bertz CT molecular complexity index is 453. The van der Waals surface area contributed by atoms with Crippen LogP contribution < -0.4 is 11.1 Å². The van der Waals surface area contributed by atoms with Crippen LogP contribution in [0.25, 0.3) is 0 Å². The molecule has 1 rings (SSSR count). The zero-order valence-electron chi connectivity index (χ0n) is 7.11. The Labute approximate surface area is 80.4 Å². The van der Waals surface area contributed by atoms with Crippen LogP contribution in [0.4, 0.5) is 10.5 Å². The summed E-state index contributed by atoms with van der Waals surface area (Å²) in [5, 5.41) is 19.6. The maximum atomic E-state index is 10.5. The minimum Gasteiger partial charge on any atom is -0.351 e. The molecular weight excluding hydrogens is 180 g/mol. The van der Waals surface area contributed by atoms with Crippen molar-refractivity contribution in [2.45, 2.75) is 0 Å². The second kappa shape index (κ2) is 3.92. The highest BCUT2D eigenvalue weighted by Crippen LogP contribution is 2.14. The van der Waals surface area contributed by atoms with Gasteiger partial charge in [0, 0.05) is 5.69 Å². The van der Waals surface area contributed by atoms with Gasteiger partial charge in [0.25, 0.3) is 0 Å². The summed E-state index contributed by atoms with van der Waals surface area (Å²) < 4.78 is 0. The van der Waals surface area contributed by atoms with E-state index in [0.29, 0.717) is 5.69 Å². The number of nitrogens with two attached hydrogens (primary N) is 1. The minimum absolute atomic E-state index is 0.207. The van der Waals surface area contributed by atoms with Crippen molar-refractivity contribution >= 4 is 11.7 Å². The molecule has 2 amide bonds. The van der Waals surface area contributed by atoms with E-state index in [-0.39, 0.29) is 11.1 Å². The topological polar surface area (TPSA) is 103 Å². The number of rotatable bonds is 1. The largest absolute Gasteiger partial charge is 0.351 e. The van der Waals surface area contributed by atoms with Gasteiger partial charge in [-0.25, -0.2) is 4.79 Å². The highest BCUT2D eigenvalue weighted by molar-refractivity contribution is 5.88. The molecule has 0 saturated carbocycles. The number of amides is 2. The molecule has 5 heteroatoms. The van der Waals surface area contributed by atoms with Crippen molar-refractivity contribution in [1.82, 2.24) is 0 Å². The first kappa shape index (κ1) is 9.56. The van der Waals surface area contributed by atoms with Crippen LogP contribution in [0.1, 0.15) is 11.1 Å². The van der Waals surface area contributed by atoms with Crippen LogP contribution in [0.5, 0.6) is 0 Å². The maximum Gasteiger partial charge on any atom is 0.316 e. The van der Waals surface area contributed by atoms with Gasteiger partial charge < -0.3 is 11.1 Å². The van der Waals surface area contributed by atoms with Crippen molar-refractivity contribution in [3.05, 3.63) is 29.3 Å². The second-order valence-electron chi connectivity index (χ2n) is 2.47. The van der Waals surface area contributed by atoms with Crippen LogP contribution in [0, 0.1) is 22.7 Å². The number of anilines is 1. The molecule has 0 spiro atoms. The van der Waals surface area contributed by atoms with Crippen LogP contribution >= 0.6 is 0 Å². The molecule has 0 heterocycles. The van der Waals surface area contributed by atoms with Gasteiger partial charge in [0.1, 0.15) is 12.1 Å². The number of primary amides is 1. The highest BCUT2D eigenvalue weighted by Gasteiger charge is 2.03. The third kappa shape index (κ3) is 1.99. The number of nitrogens with zero attached hydrogens (tertiary/aromatic N) is 2. The van der Waals surface area contributed by atoms with Crippen molar-refractivity contribution in [3.63, 3.8) is 0 Å². The van der Waals surface area contributed by atoms with E-state index < -0.39 is 6.03 Å². The monoisotopic (exact) mass is 186 g/mol. The van der Waals surface area contributed by atoms with Crippen LogP contribution in [0.15, 0.2) is 18.2 Å². The van der Waals surface area contributed by atoms with E-state index in [0.717, 1.165) is 0 Å². The van der Waals surface area contributed by atoms with Gasteiger partial charge in [-0.3, -0.25) is 0 Å². The first-order valence-electron chi connectivity index (χ1n) is 3.68. The lowest BCUT2D eigenvalue weighted by Crippen LogP contribution is -2.19. The molecule has 68 valence electrons. The van der Waals surface area contributed by atoms with Crippen molar-refractivity contribution in [3.8, 4) is 12.1 Å². The van der Waals surface area contributed by atoms with E-state index in [1.165, 1.54) is 18.2 Å². The normalized spacial score (nSPS) is 8.43. The zero-order valence-corrected chi connectivity index (χ0v) is 7.11. The van der Waals surface area contributed by atoms with Crippen LogP contribution in [-0.2, 0) is 0 Å². The van der Waals surface area contributed by atoms with Crippen molar-refractivity contribution < 1.29 is 4.79 Å². The molecule has 0 saturated heterocycles. The highest BCUT2D eigenvalue weighted by atomic mass is 16.2. The van der Waals surface area contributed by atoms with Crippen molar-refractivity contribution in [2.75, 3.05) is 5.32 Å². The van der Waals surface area contributed by atoms with E-state index >= 15 is 0 Å². The Kier molecular flexibility index (Phi) is 2.68. The summed E-state index contributed by atoms with van der Waals surface area (Å²) in [7, 11) is 0. The average Bonchev–Trinajstić information content (AvgIpc) is 2.16. The number of hydrogen-bond donors (Lipinski definition) is 2. The Morgan fingerprint density at radius 2 is 1.93 bits per heavy atom. The molecule has 0 unspecified atom stereocenters. The Morgan fingerprint density at radius 3 is 2.43 bits per heavy atom. The van der Waals surface area contributed by atoms with Crippen LogP contribution in [0.2, 0.25) is 0 Å². The average molecular weight is 186 g/mol. The summed E-state index contributed by atoms with van der Waals surface area (Å²) in [4.78, 5) is 10.5. The van der Waals surface area contributed by atoms with E-state index in [4.69, 9.17) is 16.3 Å². The van der Waals surface area contributed by atoms with Gasteiger partial charge in [-0.15, -0.1) is 0 Å². The standard InChI is InChI=1S/C9H6N4O/c10-4-6-1-2-8(13-9(12)14)3-7(6)5-11/h1-3H,(H3,12,13,14). The number of carbonyl (C=O) groups is 1. The predicted molar refractivity (Wildman–Crippen MR) is 49.1 cm³/mol. The molecular formula is C9H6N4O. The lowest BCUT2D eigenvalue weighted by atomic mass is 10.1. The summed E-state index contributed by atoms with van der Waals surface area (Å²) in [5.74, 6) is 0. The number of benzene rings is 1. The Morgan fingerprint density at radius 1 is 1.29 bits per heavy atom. The molecule has 5 nitrogen and oxygen atoms in total. The van der Waals surface area contributed by atoms with Crippen LogP contribution in [-0.4, -0.2) is 6.03 Å². The molecule has 14 heavy (non-hydrogen) atoms. The lowest BCUT2D eigenvalue weighted by molar-refractivity contribution is 0.259. The molecule has 0 atom stereocenters. The fraction of sp³-hybridized carbons (Fsp3) is 0. The number of hydrogen-bond acceptors (Lipinski definition) is 3. The second-order valence-corrected chi connectivity index (χ2v) is 2.47. The molecule has 1 aromatic carbocycles. The Balaban J connectivity index is 3.11. The van der Waals surface area contributed by atoms with Gasteiger partial charge in [0.05, 0.1) is 11.1 Å². The van der Waals surface area contributed by atoms with Gasteiger partial charge in [0.15, 0.2) is 0 Å². The number of nitriles is 2. The summed E-state index contributed by atoms with van der Waals surface area (Å²) in [6.45, 7) is 0. The molecule has 1 aromatic rings. The van der Waals surface area contributed by atoms with Gasteiger partial charge in [-0.2, -0.15) is 10.5 Å². The molecule has 0 aliphatic heterocycles. The maximum absolute atomic E-state index is 10.5. The van der Waals surface area contributed by atoms with E-state index in [2.05, 4.69) is 5.32 Å². The zero-order chi connectivity index (χ0) is 10.6. The van der Waals surface area contributed by atoms with E-state index in [9.17, 15) is 4.79 Å². The summed E-state index contributed by atoms with van der Waals surface area (Å²) in [5.41, 5.74) is 5.76. The molecule has 0 aliphatic rings. The Hall–Kier alpha value is -2.53. The SMILES string of the molecule is N#Cc1ccc(NC(N)=O)cc1C#N. The third-order valence-electron chi connectivity index (χ3n) is 1.53. The van der Waals surface area contributed by atoms with Crippen molar-refractivity contribution in [1.29, 1.82) is 10.5 Å². The van der Waals surface area contributed by atoms with Crippen LogP contribution in [0.3, 0.4) is 0 Å². The molecule has 0 bridgehead atoms. The first-order chi connectivity index (χ1) is 6.67. The minimum atomic E-state index is -0.710. The van der Waals surface area contributed by atoms with Gasteiger partial charge in [-0.1, -0.05) is 0 Å². The number of carbonyl (C=O) groups excluding carboxylic acids is 1. The number of urea groups is 1. The van der Waals surface area contributed by atoms with Gasteiger partial charge in [0.2, 0.25) is 0 Å². The first-order valence-corrected chi connectivity index (χ1v) is 3.68. The van der Waals surface area contributed by atoms with E-state index in [1.807, 2.05) is 12.1 Å². The molecule has 0 fully saturated rings. The van der Waals surface area contributed by atoms with Gasteiger partial charge >= 0.3 is 6.03 Å².